The van der Waals surface area contributed by atoms with Crippen LogP contribution in [0.4, 0.5) is 10.1 Å². The Hall–Kier alpha value is -3.61. The van der Waals surface area contributed by atoms with Crippen molar-refractivity contribution in [1.29, 1.82) is 0 Å². The number of hydrogen-bond donors (Lipinski definition) is 1. The van der Waals surface area contributed by atoms with Gasteiger partial charge in [-0.15, -0.1) is 0 Å². The fourth-order valence-corrected chi connectivity index (χ4v) is 5.68. The second-order valence-corrected chi connectivity index (χ2v) is 11.6. The van der Waals surface area contributed by atoms with E-state index in [0.29, 0.717) is 22.3 Å². The van der Waals surface area contributed by atoms with Crippen molar-refractivity contribution in [1.82, 2.24) is 0 Å². The number of ether oxygens (including phenoxy) is 2. The first-order chi connectivity index (χ1) is 19.1. The summed E-state index contributed by atoms with van der Waals surface area (Å²) in [5.74, 6) is 1.52. The molecule has 0 spiro atoms. The van der Waals surface area contributed by atoms with Crippen molar-refractivity contribution in [2.75, 3.05) is 12.4 Å². The maximum atomic E-state index is 14.0. The lowest BCUT2D eigenvalue weighted by Crippen LogP contribution is -2.32. The van der Waals surface area contributed by atoms with Gasteiger partial charge in [0.15, 0.2) is 0 Å². The maximum absolute atomic E-state index is 14.0. The number of hydrogen-bond acceptors (Lipinski definition) is 5. The third-order valence-electron chi connectivity index (χ3n) is 6.77. The van der Waals surface area contributed by atoms with Crippen LogP contribution in [-0.2, 0) is 6.61 Å². The molecule has 0 aliphatic carbocycles. The highest BCUT2D eigenvalue weighted by molar-refractivity contribution is 7.95. The van der Waals surface area contributed by atoms with E-state index in [1.165, 1.54) is 24.2 Å². The molecule has 1 aliphatic heterocycles. The zero-order chi connectivity index (χ0) is 28.4. The molecule has 0 saturated carbocycles. The van der Waals surface area contributed by atoms with Crippen LogP contribution >= 0.6 is 23.6 Å². The van der Waals surface area contributed by atoms with Crippen molar-refractivity contribution in [3.8, 4) is 28.4 Å². The summed E-state index contributed by atoms with van der Waals surface area (Å²) in [7, 11) is 1.65. The van der Waals surface area contributed by atoms with Crippen molar-refractivity contribution < 1.29 is 18.0 Å². The monoisotopic (exact) mass is 575 g/mol. The fourth-order valence-electron chi connectivity index (χ4n) is 5.01. The van der Waals surface area contributed by atoms with E-state index >= 15 is 0 Å². The third-order valence-corrected chi connectivity index (χ3v) is 7.77. The summed E-state index contributed by atoms with van der Waals surface area (Å²) in [6.07, 6.45) is 2.22. The summed E-state index contributed by atoms with van der Waals surface area (Å²) in [4.78, 5) is 0.937. The van der Waals surface area contributed by atoms with Crippen LogP contribution in [0.2, 0.25) is 5.02 Å². The average molecular weight is 576 g/mol. The summed E-state index contributed by atoms with van der Waals surface area (Å²) in [6.45, 7) is 8.57. The first-order valence-electron chi connectivity index (χ1n) is 12.9. The lowest BCUT2D eigenvalue weighted by Gasteiger charge is -2.33. The lowest BCUT2D eigenvalue weighted by molar-refractivity contribution is 0.302. The molecule has 0 unspecified atom stereocenters. The highest BCUT2D eigenvalue weighted by Crippen LogP contribution is 2.44. The minimum atomic E-state index is -0.330. The Bertz CT molecular complexity index is 1580. The molecule has 5 rings (SSSR count). The minimum Gasteiger partial charge on any atom is -0.496 e. The van der Waals surface area contributed by atoms with Gasteiger partial charge in [-0.05, 0) is 92.9 Å². The van der Waals surface area contributed by atoms with E-state index in [9.17, 15) is 4.39 Å². The number of rotatable bonds is 8. The van der Waals surface area contributed by atoms with Gasteiger partial charge in [-0.25, -0.2) is 4.39 Å². The second-order valence-electron chi connectivity index (χ2n) is 10.4. The highest BCUT2D eigenvalue weighted by Gasteiger charge is 2.27. The zero-order valence-corrected chi connectivity index (χ0v) is 24.7. The molecule has 206 valence electrons. The summed E-state index contributed by atoms with van der Waals surface area (Å²) in [6, 6.07) is 22.0. The van der Waals surface area contributed by atoms with Gasteiger partial charge in [0.1, 0.15) is 29.7 Å². The van der Waals surface area contributed by atoms with Gasteiger partial charge in [0.2, 0.25) is 0 Å². The van der Waals surface area contributed by atoms with E-state index in [1.54, 1.807) is 13.2 Å². The molecular weight excluding hydrogens is 545 g/mol. The molecule has 1 aliphatic rings. The highest BCUT2D eigenvalue weighted by atomic mass is 35.5. The molecule has 0 fully saturated rings. The van der Waals surface area contributed by atoms with Gasteiger partial charge in [0.05, 0.1) is 24.7 Å². The molecule has 0 amide bonds. The number of anilines is 1. The number of halogens is 2. The second kappa shape index (κ2) is 11.5. The smallest absolute Gasteiger partial charge is 0.141 e. The molecule has 0 radical (unpaired) electrons. The van der Waals surface area contributed by atoms with Gasteiger partial charge in [-0.2, -0.15) is 0 Å². The van der Waals surface area contributed by atoms with Crippen LogP contribution in [0.1, 0.15) is 37.5 Å². The van der Waals surface area contributed by atoms with Crippen LogP contribution in [0, 0.1) is 12.7 Å². The molecule has 0 bridgehead atoms. The van der Waals surface area contributed by atoms with Crippen molar-refractivity contribution >= 4 is 34.9 Å². The van der Waals surface area contributed by atoms with Gasteiger partial charge in [-0.3, -0.25) is 0 Å². The number of allylic oxidation sites excluding steroid dienone is 1. The molecule has 1 heterocycles. The normalized spacial score (nSPS) is 13.6. The molecule has 40 heavy (non-hydrogen) atoms. The van der Waals surface area contributed by atoms with Crippen LogP contribution < -0.4 is 19.0 Å². The summed E-state index contributed by atoms with van der Waals surface area (Å²) in [5, 5.41) is 4.30. The van der Waals surface area contributed by atoms with Crippen molar-refractivity contribution in [3.05, 3.63) is 106 Å². The number of fused-ring (bicyclic) bond motifs is 1. The Morgan fingerprint density at radius 3 is 2.40 bits per heavy atom. The van der Waals surface area contributed by atoms with Crippen molar-refractivity contribution in [3.63, 3.8) is 0 Å². The van der Waals surface area contributed by atoms with Crippen molar-refractivity contribution in [2.24, 2.45) is 0 Å². The number of nitrogens with one attached hydrogen (secondary N) is 1. The molecule has 4 aromatic carbocycles. The van der Waals surface area contributed by atoms with E-state index < -0.39 is 0 Å². The Morgan fingerprint density at radius 1 is 0.900 bits per heavy atom. The Morgan fingerprint density at radius 2 is 1.65 bits per heavy atom. The first-order valence-corrected chi connectivity index (χ1v) is 14.1. The summed E-state index contributed by atoms with van der Waals surface area (Å²) in [5.41, 5.74) is 6.80. The number of aryl methyl sites for hydroxylation is 1. The predicted octanol–water partition coefficient (Wildman–Crippen LogP) is 9.74. The Balaban J connectivity index is 1.53. The lowest BCUT2D eigenvalue weighted by atomic mass is 9.85. The Kier molecular flexibility index (Phi) is 8.02. The maximum Gasteiger partial charge on any atom is 0.141 e. The molecule has 0 saturated heterocycles. The fraction of sp³-hybridized carbons (Fsp3) is 0.212. The molecular formula is C33H31ClFNO3S. The SMILES string of the molecule is COc1cc(OSc2ccc(Cl)cc2)ccc1-c1ccc2c(c1COc1cc(F)ccc1C)C(C)=CC(C)(C)N2. The molecule has 0 atom stereocenters. The van der Waals surface area contributed by atoms with Crippen LogP contribution in [0.15, 0.2) is 83.8 Å². The van der Waals surface area contributed by atoms with E-state index in [-0.39, 0.29) is 18.0 Å². The van der Waals surface area contributed by atoms with Crippen LogP contribution in [0.5, 0.6) is 17.2 Å². The number of methoxy groups -OCH3 is 1. The molecule has 0 aromatic heterocycles. The van der Waals surface area contributed by atoms with Gasteiger partial charge in [0.25, 0.3) is 0 Å². The van der Waals surface area contributed by atoms with Gasteiger partial charge in [0, 0.05) is 44.4 Å². The topological polar surface area (TPSA) is 39.7 Å². The zero-order valence-electron chi connectivity index (χ0n) is 23.1. The van der Waals surface area contributed by atoms with Crippen LogP contribution in [0.3, 0.4) is 0 Å². The molecule has 4 nitrogen and oxygen atoms in total. The van der Waals surface area contributed by atoms with E-state index in [1.807, 2.05) is 49.4 Å². The first kappa shape index (κ1) is 27.9. The average Bonchev–Trinajstić information content (AvgIpc) is 2.92. The van der Waals surface area contributed by atoms with E-state index in [2.05, 4.69) is 44.3 Å². The molecule has 4 aromatic rings. The Labute approximate surface area is 244 Å². The standard InChI is InChI=1S/C33H31ClFNO3S/c1-20-6-9-23(35)16-30(20)38-19-28-26(14-15-29-32(28)21(2)18-33(3,4)36-29)27-13-10-24(17-31(27)37-5)39-40-25-11-7-22(34)8-12-25/h6-18,36H,19H2,1-5H3. The van der Waals surface area contributed by atoms with Gasteiger partial charge >= 0.3 is 0 Å². The number of benzene rings is 4. The minimum absolute atomic E-state index is 0.186. The summed E-state index contributed by atoms with van der Waals surface area (Å²) >= 11 is 7.25. The third kappa shape index (κ3) is 6.08. The quantitative estimate of drug-likeness (QED) is 0.212. The molecule has 1 N–H and O–H groups in total. The predicted molar refractivity (Wildman–Crippen MR) is 163 cm³/mol. The molecule has 7 heteroatoms. The van der Waals surface area contributed by atoms with Gasteiger partial charge < -0.3 is 19.0 Å². The van der Waals surface area contributed by atoms with E-state index in [0.717, 1.165) is 44.0 Å². The summed E-state index contributed by atoms with van der Waals surface area (Å²) < 4.78 is 32.1. The van der Waals surface area contributed by atoms with Crippen molar-refractivity contribution in [2.45, 2.75) is 44.7 Å². The van der Waals surface area contributed by atoms with Crippen LogP contribution in [-0.4, -0.2) is 12.6 Å². The van der Waals surface area contributed by atoms with Crippen LogP contribution in [0.25, 0.3) is 16.7 Å². The van der Waals surface area contributed by atoms with E-state index in [4.69, 9.17) is 25.3 Å². The van der Waals surface area contributed by atoms with Gasteiger partial charge in [-0.1, -0.05) is 29.8 Å². The largest absolute Gasteiger partial charge is 0.496 e.